The van der Waals surface area contributed by atoms with Gasteiger partial charge in [-0.3, -0.25) is 9.63 Å². The summed E-state index contributed by atoms with van der Waals surface area (Å²) in [6.45, 7) is 6.85. The maximum absolute atomic E-state index is 11.4. The van der Waals surface area contributed by atoms with Crippen molar-refractivity contribution in [1.82, 2.24) is 5.48 Å². The highest BCUT2D eigenvalue weighted by Crippen LogP contribution is 2.05. The monoisotopic (exact) mass is 203 g/mol. The van der Waals surface area contributed by atoms with E-state index in [2.05, 4.69) is 5.48 Å². The van der Waals surface area contributed by atoms with Gasteiger partial charge in [0.1, 0.15) is 0 Å². The molecule has 0 aromatic heterocycles. The molecule has 0 spiro atoms. The van der Waals surface area contributed by atoms with E-state index in [1.165, 1.54) is 0 Å². The van der Waals surface area contributed by atoms with E-state index >= 15 is 0 Å². The van der Waals surface area contributed by atoms with E-state index in [1.807, 2.05) is 20.8 Å². The van der Waals surface area contributed by atoms with Crippen molar-refractivity contribution in [3.05, 3.63) is 0 Å². The second-order valence-electron chi connectivity index (χ2n) is 4.12. The highest BCUT2D eigenvalue weighted by Gasteiger charge is 2.24. The molecule has 1 rings (SSSR count). The van der Waals surface area contributed by atoms with E-state index in [4.69, 9.17) is 14.3 Å². The van der Waals surface area contributed by atoms with Gasteiger partial charge in [-0.2, -0.15) is 0 Å². The first kappa shape index (κ1) is 11.4. The summed E-state index contributed by atoms with van der Waals surface area (Å²) >= 11 is 0. The Bertz CT molecular complexity index is 193. The number of nitrogens with one attached hydrogen (secondary N) is 1. The largest absolute Gasteiger partial charge is 0.376 e. The zero-order valence-corrected chi connectivity index (χ0v) is 8.83. The Morgan fingerprint density at radius 2 is 2.14 bits per heavy atom. The summed E-state index contributed by atoms with van der Waals surface area (Å²) in [5, 5.41) is 0. The van der Waals surface area contributed by atoms with Gasteiger partial charge in [-0.05, 0) is 20.8 Å². The zero-order chi connectivity index (χ0) is 10.6. The number of carbonyl (C=O) groups excluding carboxylic acids is 1. The van der Waals surface area contributed by atoms with E-state index < -0.39 is 11.7 Å². The van der Waals surface area contributed by atoms with Crippen LogP contribution in [-0.4, -0.2) is 37.4 Å². The van der Waals surface area contributed by atoms with Crippen LogP contribution in [0.5, 0.6) is 0 Å². The molecule has 14 heavy (non-hydrogen) atoms. The molecule has 1 unspecified atom stereocenters. The molecule has 1 amide bonds. The molecule has 5 heteroatoms. The van der Waals surface area contributed by atoms with Crippen LogP contribution in [-0.2, 0) is 19.1 Å². The minimum atomic E-state index is -0.550. The molecule has 0 aliphatic carbocycles. The summed E-state index contributed by atoms with van der Waals surface area (Å²) in [6, 6.07) is 0. The van der Waals surface area contributed by atoms with E-state index in [9.17, 15) is 4.79 Å². The molecule has 0 bridgehead atoms. The quantitative estimate of drug-likeness (QED) is 0.653. The van der Waals surface area contributed by atoms with Crippen molar-refractivity contribution in [2.45, 2.75) is 32.5 Å². The Morgan fingerprint density at radius 1 is 1.43 bits per heavy atom. The van der Waals surface area contributed by atoms with Crippen LogP contribution in [0, 0.1) is 0 Å². The van der Waals surface area contributed by atoms with Crippen LogP contribution in [0.2, 0.25) is 0 Å². The first-order valence-corrected chi connectivity index (χ1v) is 4.66. The molecule has 1 atom stereocenters. The normalized spacial score (nSPS) is 23.2. The smallest absolute Gasteiger partial charge is 0.275 e. The van der Waals surface area contributed by atoms with E-state index in [1.54, 1.807) is 0 Å². The molecular formula is C9H17NO4. The molecule has 0 saturated carbocycles. The first-order valence-electron chi connectivity index (χ1n) is 4.66. The molecule has 5 nitrogen and oxygen atoms in total. The molecule has 0 aromatic carbocycles. The Balaban J connectivity index is 2.27. The lowest BCUT2D eigenvalue weighted by atomic mass is 10.2. The molecular weight excluding hydrogens is 186 g/mol. The number of rotatable bonds is 2. The highest BCUT2D eigenvalue weighted by atomic mass is 16.7. The van der Waals surface area contributed by atoms with Gasteiger partial charge in [0, 0.05) is 0 Å². The van der Waals surface area contributed by atoms with Gasteiger partial charge in [-0.1, -0.05) is 0 Å². The Labute approximate surface area is 83.7 Å². The van der Waals surface area contributed by atoms with Crippen molar-refractivity contribution >= 4 is 5.91 Å². The summed E-state index contributed by atoms with van der Waals surface area (Å²) in [5.41, 5.74) is 1.95. The molecule has 1 N–H and O–H groups in total. The second kappa shape index (κ2) is 4.72. The molecule has 0 radical (unpaired) electrons. The van der Waals surface area contributed by atoms with Crippen LogP contribution in [0.4, 0.5) is 0 Å². The summed E-state index contributed by atoms with van der Waals surface area (Å²) < 4.78 is 10.3. The maximum atomic E-state index is 11.4. The van der Waals surface area contributed by atoms with Crippen LogP contribution >= 0.6 is 0 Å². The zero-order valence-electron chi connectivity index (χ0n) is 8.83. The van der Waals surface area contributed by atoms with Gasteiger partial charge in [0.2, 0.25) is 0 Å². The van der Waals surface area contributed by atoms with Gasteiger partial charge in [-0.25, -0.2) is 5.48 Å². The Kier molecular flexibility index (Phi) is 3.86. The number of hydrogen-bond acceptors (Lipinski definition) is 4. The topological polar surface area (TPSA) is 56.8 Å². The molecule has 1 aliphatic rings. The number of amides is 1. The average molecular weight is 203 g/mol. The van der Waals surface area contributed by atoms with Crippen LogP contribution in [0.1, 0.15) is 20.8 Å². The maximum Gasteiger partial charge on any atom is 0.275 e. The van der Waals surface area contributed by atoms with Crippen LogP contribution in [0.15, 0.2) is 0 Å². The number of hydroxylamine groups is 1. The molecule has 1 saturated heterocycles. The Morgan fingerprint density at radius 3 is 2.64 bits per heavy atom. The van der Waals surface area contributed by atoms with Gasteiger partial charge >= 0.3 is 0 Å². The molecule has 82 valence electrons. The van der Waals surface area contributed by atoms with Crippen LogP contribution in [0.25, 0.3) is 0 Å². The van der Waals surface area contributed by atoms with E-state index in [0.29, 0.717) is 19.8 Å². The molecule has 1 heterocycles. The first-order chi connectivity index (χ1) is 6.49. The standard InChI is InChI=1S/C9H17NO4/c1-9(2,3)14-10-8(11)7-6-12-4-5-13-7/h7H,4-6H2,1-3H3,(H,10,11). The number of carbonyl (C=O) groups is 1. The van der Waals surface area contributed by atoms with Crippen molar-refractivity contribution < 1.29 is 19.1 Å². The van der Waals surface area contributed by atoms with E-state index in [0.717, 1.165) is 0 Å². The summed E-state index contributed by atoms with van der Waals surface area (Å²) in [5.74, 6) is -0.292. The van der Waals surface area contributed by atoms with Gasteiger partial charge in [0.05, 0.1) is 25.4 Å². The highest BCUT2D eigenvalue weighted by molar-refractivity contribution is 5.79. The summed E-state index contributed by atoms with van der Waals surface area (Å²) in [4.78, 5) is 16.5. The van der Waals surface area contributed by atoms with Crippen molar-refractivity contribution in [3.8, 4) is 0 Å². The van der Waals surface area contributed by atoms with Gasteiger partial charge in [0.25, 0.3) is 5.91 Å². The predicted octanol–water partition coefficient (Wildman–Crippen LogP) is 0.248. The fourth-order valence-corrected chi connectivity index (χ4v) is 0.908. The SMILES string of the molecule is CC(C)(C)ONC(=O)C1COCCO1. The molecule has 1 fully saturated rings. The fraction of sp³-hybridized carbons (Fsp3) is 0.889. The third-order valence-corrected chi connectivity index (χ3v) is 1.57. The van der Waals surface area contributed by atoms with Crippen LogP contribution in [0.3, 0.4) is 0 Å². The van der Waals surface area contributed by atoms with Crippen molar-refractivity contribution in [2.24, 2.45) is 0 Å². The lowest BCUT2D eigenvalue weighted by Crippen LogP contribution is -2.45. The van der Waals surface area contributed by atoms with Crippen molar-refractivity contribution in [1.29, 1.82) is 0 Å². The van der Waals surface area contributed by atoms with E-state index in [-0.39, 0.29) is 5.91 Å². The van der Waals surface area contributed by atoms with Crippen molar-refractivity contribution in [3.63, 3.8) is 0 Å². The minimum Gasteiger partial charge on any atom is -0.376 e. The van der Waals surface area contributed by atoms with Crippen molar-refractivity contribution in [2.75, 3.05) is 19.8 Å². The second-order valence-corrected chi connectivity index (χ2v) is 4.12. The number of ether oxygens (including phenoxy) is 2. The van der Waals surface area contributed by atoms with Gasteiger partial charge < -0.3 is 9.47 Å². The number of hydrogen-bond donors (Lipinski definition) is 1. The third-order valence-electron chi connectivity index (χ3n) is 1.57. The van der Waals surface area contributed by atoms with Crippen LogP contribution < -0.4 is 5.48 Å². The van der Waals surface area contributed by atoms with Gasteiger partial charge in [-0.15, -0.1) is 0 Å². The minimum absolute atomic E-state index is 0.291. The predicted molar refractivity (Wildman–Crippen MR) is 49.5 cm³/mol. The lowest BCUT2D eigenvalue weighted by molar-refractivity contribution is -0.168. The lowest BCUT2D eigenvalue weighted by Gasteiger charge is -2.24. The fourth-order valence-electron chi connectivity index (χ4n) is 0.908. The van der Waals surface area contributed by atoms with Gasteiger partial charge in [0.15, 0.2) is 6.10 Å². The summed E-state index contributed by atoms with van der Waals surface area (Å²) in [7, 11) is 0. The molecule has 0 aromatic rings. The Hall–Kier alpha value is -0.650. The average Bonchev–Trinajstić information content (AvgIpc) is 2.14. The summed E-state index contributed by atoms with van der Waals surface area (Å²) in [6.07, 6.45) is -0.550. The third kappa shape index (κ3) is 4.04. The molecule has 1 aliphatic heterocycles.